The Balaban J connectivity index is 1.61. The van der Waals surface area contributed by atoms with Crippen molar-refractivity contribution in [2.45, 2.75) is 33.6 Å². The molecule has 0 aliphatic carbocycles. The van der Waals surface area contributed by atoms with Gasteiger partial charge in [0, 0.05) is 55.4 Å². The third-order valence-electron chi connectivity index (χ3n) is 4.72. The zero-order valence-corrected chi connectivity index (χ0v) is 15.6. The predicted octanol–water partition coefficient (Wildman–Crippen LogP) is 1.87. The second-order valence-electron chi connectivity index (χ2n) is 6.29. The molecule has 0 saturated carbocycles. The largest absolute Gasteiger partial charge is 0.354 e. The van der Waals surface area contributed by atoms with Crippen molar-refractivity contribution in [2.75, 3.05) is 36.0 Å². The van der Waals surface area contributed by atoms with Crippen LogP contribution < -0.4 is 9.80 Å². The van der Waals surface area contributed by atoms with Gasteiger partial charge < -0.3 is 9.80 Å². The van der Waals surface area contributed by atoms with Crippen molar-refractivity contribution in [3.8, 4) is 0 Å². The highest BCUT2D eigenvalue weighted by Gasteiger charge is 2.22. The Morgan fingerprint density at radius 1 is 1.08 bits per heavy atom. The summed E-state index contributed by atoms with van der Waals surface area (Å²) in [6.45, 7) is 10.1. The fraction of sp³-hybridized carbons (Fsp3) is 0.562. The van der Waals surface area contributed by atoms with Crippen LogP contribution in [-0.4, -0.2) is 55.1 Å². The molecule has 0 atom stereocenters. The number of hydrogen-bond donors (Lipinski definition) is 0. The van der Waals surface area contributed by atoms with E-state index in [0.717, 1.165) is 67.1 Å². The predicted molar refractivity (Wildman–Crippen MR) is 98.6 cm³/mol. The van der Waals surface area contributed by atoms with Crippen LogP contribution in [0.25, 0.3) is 5.78 Å². The Labute approximate surface area is 150 Å². The molecule has 3 aromatic rings. The second-order valence-corrected chi connectivity index (χ2v) is 7.02. The van der Waals surface area contributed by atoms with Crippen LogP contribution in [0.3, 0.4) is 0 Å². The minimum absolute atomic E-state index is 0.663. The summed E-state index contributed by atoms with van der Waals surface area (Å²) in [5.41, 5.74) is 2.17. The van der Waals surface area contributed by atoms with E-state index >= 15 is 0 Å². The number of aryl methyl sites for hydroxylation is 2. The van der Waals surface area contributed by atoms with Crippen molar-refractivity contribution in [2.24, 2.45) is 0 Å². The van der Waals surface area contributed by atoms with Gasteiger partial charge in [0.2, 0.25) is 5.13 Å². The van der Waals surface area contributed by atoms with Crippen LogP contribution in [-0.2, 0) is 6.42 Å². The number of aromatic nitrogens is 6. The average molecular weight is 358 g/mol. The summed E-state index contributed by atoms with van der Waals surface area (Å²) in [7, 11) is 0. The third kappa shape index (κ3) is 2.92. The summed E-state index contributed by atoms with van der Waals surface area (Å²) in [4.78, 5) is 18.2. The standard InChI is InChI=1S/C16H22N8S/c1-4-13-20-16(25-21-13)23-7-5-6-22(8-9-23)14-11(2)12(3)19-15-17-10-18-24(14)15/h10H,4-9H2,1-3H3. The molecule has 0 aromatic carbocycles. The van der Waals surface area contributed by atoms with Gasteiger partial charge in [0.25, 0.3) is 5.78 Å². The molecule has 8 nitrogen and oxygen atoms in total. The molecule has 9 heteroatoms. The summed E-state index contributed by atoms with van der Waals surface area (Å²) in [6, 6.07) is 0. The highest BCUT2D eigenvalue weighted by atomic mass is 32.1. The smallest absolute Gasteiger partial charge is 0.254 e. The normalized spacial score (nSPS) is 15.8. The summed E-state index contributed by atoms with van der Waals surface area (Å²) in [5, 5.41) is 5.42. The van der Waals surface area contributed by atoms with Crippen LogP contribution >= 0.6 is 11.5 Å². The lowest BCUT2D eigenvalue weighted by molar-refractivity contribution is 0.761. The minimum atomic E-state index is 0.663. The first-order valence-electron chi connectivity index (χ1n) is 8.66. The molecule has 0 amide bonds. The van der Waals surface area contributed by atoms with E-state index in [1.807, 2.05) is 11.4 Å². The van der Waals surface area contributed by atoms with Crippen molar-refractivity contribution in [3.05, 3.63) is 23.4 Å². The number of fused-ring (bicyclic) bond motifs is 1. The fourth-order valence-electron chi connectivity index (χ4n) is 3.22. The first-order valence-corrected chi connectivity index (χ1v) is 9.44. The molecule has 0 unspecified atom stereocenters. The summed E-state index contributed by atoms with van der Waals surface area (Å²) < 4.78 is 6.28. The van der Waals surface area contributed by atoms with E-state index in [0.29, 0.717) is 5.78 Å². The molecular weight excluding hydrogens is 336 g/mol. The average Bonchev–Trinajstić information content (AvgIpc) is 3.20. The number of hydrogen-bond acceptors (Lipinski definition) is 8. The van der Waals surface area contributed by atoms with Gasteiger partial charge in [-0.1, -0.05) is 6.92 Å². The van der Waals surface area contributed by atoms with E-state index in [1.54, 1.807) is 6.33 Å². The molecule has 0 N–H and O–H groups in total. The second kappa shape index (κ2) is 6.55. The monoisotopic (exact) mass is 358 g/mol. The Bertz CT molecular complexity index is 886. The molecule has 4 rings (SSSR count). The fourth-order valence-corrected chi connectivity index (χ4v) is 4.03. The Hall–Kier alpha value is -2.29. The Morgan fingerprint density at radius 2 is 1.88 bits per heavy atom. The van der Waals surface area contributed by atoms with Crippen molar-refractivity contribution < 1.29 is 0 Å². The molecule has 1 aliphatic heterocycles. The first-order chi connectivity index (χ1) is 12.2. The topological polar surface area (TPSA) is 75.3 Å². The van der Waals surface area contributed by atoms with Gasteiger partial charge in [0.05, 0.1) is 0 Å². The molecule has 25 heavy (non-hydrogen) atoms. The molecule has 0 spiro atoms. The van der Waals surface area contributed by atoms with Crippen LogP contribution in [0.4, 0.5) is 10.9 Å². The van der Waals surface area contributed by atoms with E-state index < -0.39 is 0 Å². The first kappa shape index (κ1) is 16.2. The quantitative estimate of drug-likeness (QED) is 0.707. The molecular formula is C16H22N8S. The Morgan fingerprint density at radius 3 is 2.68 bits per heavy atom. The number of rotatable bonds is 3. The van der Waals surface area contributed by atoms with Crippen molar-refractivity contribution in [1.29, 1.82) is 0 Å². The maximum absolute atomic E-state index is 4.64. The number of anilines is 2. The SMILES string of the molecule is CCc1nsc(N2CCCN(c3c(C)c(C)nc4ncnn34)CC2)n1. The van der Waals surface area contributed by atoms with Crippen molar-refractivity contribution in [1.82, 2.24) is 28.9 Å². The van der Waals surface area contributed by atoms with Crippen LogP contribution in [0.2, 0.25) is 0 Å². The zero-order chi connectivity index (χ0) is 17.4. The van der Waals surface area contributed by atoms with Gasteiger partial charge >= 0.3 is 0 Å². The van der Waals surface area contributed by atoms with Gasteiger partial charge in [-0.15, -0.1) is 0 Å². The highest BCUT2D eigenvalue weighted by Crippen LogP contribution is 2.25. The lowest BCUT2D eigenvalue weighted by Crippen LogP contribution is -2.32. The van der Waals surface area contributed by atoms with E-state index in [-0.39, 0.29) is 0 Å². The van der Waals surface area contributed by atoms with E-state index in [1.165, 1.54) is 11.5 Å². The van der Waals surface area contributed by atoms with Gasteiger partial charge in [-0.25, -0.2) is 9.97 Å². The lowest BCUT2D eigenvalue weighted by Gasteiger charge is -2.25. The summed E-state index contributed by atoms with van der Waals surface area (Å²) in [5.74, 6) is 2.70. The molecule has 1 aliphatic rings. The van der Waals surface area contributed by atoms with Crippen LogP contribution in [0, 0.1) is 13.8 Å². The molecule has 132 valence electrons. The van der Waals surface area contributed by atoms with Crippen molar-refractivity contribution in [3.63, 3.8) is 0 Å². The molecule has 4 heterocycles. The minimum Gasteiger partial charge on any atom is -0.354 e. The molecule has 0 radical (unpaired) electrons. The van der Waals surface area contributed by atoms with Gasteiger partial charge in [-0.3, -0.25) is 0 Å². The van der Waals surface area contributed by atoms with Gasteiger partial charge in [-0.2, -0.15) is 19.0 Å². The van der Waals surface area contributed by atoms with E-state index in [2.05, 4.69) is 48.1 Å². The van der Waals surface area contributed by atoms with Gasteiger partial charge in [0.15, 0.2) is 0 Å². The molecule has 3 aromatic heterocycles. The highest BCUT2D eigenvalue weighted by molar-refractivity contribution is 7.09. The van der Waals surface area contributed by atoms with Crippen LogP contribution in [0.15, 0.2) is 6.33 Å². The van der Waals surface area contributed by atoms with Crippen LogP contribution in [0.1, 0.15) is 30.4 Å². The van der Waals surface area contributed by atoms with Gasteiger partial charge in [0.1, 0.15) is 18.0 Å². The molecule has 1 fully saturated rings. The summed E-state index contributed by atoms with van der Waals surface area (Å²) >= 11 is 1.51. The Kier molecular flexibility index (Phi) is 4.24. The van der Waals surface area contributed by atoms with E-state index in [9.17, 15) is 0 Å². The zero-order valence-electron chi connectivity index (χ0n) is 14.8. The third-order valence-corrected chi connectivity index (χ3v) is 5.53. The molecule has 0 bridgehead atoms. The van der Waals surface area contributed by atoms with E-state index in [4.69, 9.17) is 0 Å². The van der Waals surface area contributed by atoms with Gasteiger partial charge in [-0.05, 0) is 20.3 Å². The summed E-state index contributed by atoms with van der Waals surface area (Å²) in [6.07, 6.45) is 3.52. The van der Waals surface area contributed by atoms with Crippen LogP contribution in [0.5, 0.6) is 0 Å². The number of nitrogens with zero attached hydrogens (tertiary/aromatic N) is 8. The van der Waals surface area contributed by atoms with Crippen molar-refractivity contribution >= 4 is 28.3 Å². The maximum Gasteiger partial charge on any atom is 0.254 e. The maximum atomic E-state index is 4.64. The molecule has 1 saturated heterocycles. The lowest BCUT2D eigenvalue weighted by atomic mass is 10.2.